The summed E-state index contributed by atoms with van der Waals surface area (Å²) in [6.45, 7) is 3.79. The van der Waals surface area contributed by atoms with Crippen LogP contribution in [0.4, 0.5) is 10.8 Å². The average Bonchev–Trinajstić information content (AvgIpc) is 2.95. The minimum absolute atomic E-state index is 0.0290. The van der Waals surface area contributed by atoms with Gasteiger partial charge < -0.3 is 0 Å². The minimum Gasteiger partial charge on any atom is -0.300 e. The Morgan fingerprint density at radius 1 is 1.39 bits per heavy atom. The molecule has 0 spiro atoms. The lowest BCUT2D eigenvalue weighted by molar-refractivity contribution is -0.384. The van der Waals surface area contributed by atoms with Gasteiger partial charge >= 0.3 is 0 Å². The van der Waals surface area contributed by atoms with E-state index < -0.39 is 4.92 Å². The van der Waals surface area contributed by atoms with Crippen LogP contribution in [0.2, 0.25) is 0 Å². The predicted molar refractivity (Wildman–Crippen MR) is 93.4 cm³/mol. The summed E-state index contributed by atoms with van der Waals surface area (Å²) < 4.78 is 0.818. The molecule has 0 aliphatic carbocycles. The monoisotopic (exact) mass is 370 g/mol. The topological polar surface area (TPSA) is 98.0 Å². The fourth-order valence-corrected chi connectivity index (χ4v) is 4.07. The first-order valence-corrected chi connectivity index (χ1v) is 9.36. The number of nitrogens with one attached hydrogen (secondary N) is 1. The smallest absolute Gasteiger partial charge is 0.269 e. The number of nitro groups is 1. The van der Waals surface area contributed by atoms with E-state index in [-0.39, 0.29) is 16.8 Å². The lowest BCUT2D eigenvalue weighted by atomic mass is 10.3. The van der Waals surface area contributed by atoms with E-state index in [9.17, 15) is 14.9 Å². The van der Waals surface area contributed by atoms with Gasteiger partial charge in [0, 0.05) is 17.0 Å². The summed E-state index contributed by atoms with van der Waals surface area (Å²) in [4.78, 5) is 23.1. The van der Waals surface area contributed by atoms with Crippen molar-refractivity contribution in [1.82, 2.24) is 10.2 Å². The van der Waals surface area contributed by atoms with Crippen molar-refractivity contribution >= 4 is 51.6 Å². The quantitative estimate of drug-likeness (QED) is 0.343. The van der Waals surface area contributed by atoms with Gasteiger partial charge in [-0.3, -0.25) is 20.2 Å². The molecule has 1 atom stereocenters. The molecule has 0 radical (unpaired) electrons. The second-order valence-electron chi connectivity index (χ2n) is 4.31. The van der Waals surface area contributed by atoms with Crippen LogP contribution in [-0.4, -0.2) is 32.0 Å². The number of anilines is 1. The van der Waals surface area contributed by atoms with Crippen LogP contribution in [0, 0.1) is 10.1 Å². The van der Waals surface area contributed by atoms with Crippen LogP contribution in [0.5, 0.6) is 0 Å². The van der Waals surface area contributed by atoms with E-state index in [0.717, 1.165) is 15.0 Å². The molecule has 2 aromatic rings. The van der Waals surface area contributed by atoms with Gasteiger partial charge in [-0.15, -0.1) is 22.0 Å². The number of hydrogen-bond donors (Lipinski definition) is 1. The molecule has 7 nitrogen and oxygen atoms in total. The first-order chi connectivity index (χ1) is 11.0. The standard InChI is InChI=1S/C13H14N4O3S3/c1-3-21-13-16-15-12(23-13)14-11(18)8(2)22-10-6-4-9(5-7-10)17(19)20/h4-8H,3H2,1-2H3,(H,14,15,18)/t8-/m0/s1. The Labute approximate surface area is 145 Å². The number of hydrogen-bond acceptors (Lipinski definition) is 8. The molecule has 1 N–H and O–H groups in total. The summed E-state index contributed by atoms with van der Waals surface area (Å²) >= 11 is 4.24. The van der Waals surface area contributed by atoms with E-state index in [1.807, 2.05) is 6.92 Å². The van der Waals surface area contributed by atoms with Gasteiger partial charge in [-0.1, -0.05) is 30.0 Å². The van der Waals surface area contributed by atoms with Gasteiger partial charge in [0.15, 0.2) is 4.34 Å². The molecule has 0 aliphatic rings. The van der Waals surface area contributed by atoms with Crippen molar-refractivity contribution in [3.63, 3.8) is 0 Å². The van der Waals surface area contributed by atoms with Crippen molar-refractivity contribution < 1.29 is 9.72 Å². The predicted octanol–water partition coefficient (Wildman–Crippen LogP) is 3.68. The van der Waals surface area contributed by atoms with Gasteiger partial charge in [0.05, 0.1) is 10.2 Å². The van der Waals surface area contributed by atoms with Crippen molar-refractivity contribution in [3.05, 3.63) is 34.4 Å². The van der Waals surface area contributed by atoms with Gasteiger partial charge in [0.25, 0.3) is 5.69 Å². The summed E-state index contributed by atoms with van der Waals surface area (Å²) in [6, 6.07) is 6.11. The molecule has 0 aliphatic heterocycles. The van der Waals surface area contributed by atoms with Crippen LogP contribution in [0.3, 0.4) is 0 Å². The molecule has 1 aromatic carbocycles. The molecule has 1 heterocycles. The van der Waals surface area contributed by atoms with E-state index in [1.54, 1.807) is 30.8 Å². The molecule has 0 saturated carbocycles. The molecule has 0 saturated heterocycles. The zero-order valence-corrected chi connectivity index (χ0v) is 14.8. The number of benzene rings is 1. The Kier molecular flexibility index (Phi) is 6.37. The molecule has 2 rings (SSSR count). The van der Waals surface area contributed by atoms with E-state index in [2.05, 4.69) is 15.5 Å². The second kappa shape index (κ2) is 8.27. The zero-order valence-electron chi connectivity index (χ0n) is 12.4. The Balaban J connectivity index is 1.92. The van der Waals surface area contributed by atoms with E-state index in [0.29, 0.717) is 5.13 Å². The third-order valence-corrected chi connectivity index (χ3v) is 5.60. The summed E-state index contributed by atoms with van der Waals surface area (Å²) in [7, 11) is 0. The lowest BCUT2D eigenvalue weighted by Crippen LogP contribution is -2.22. The Morgan fingerprint density at radius 2 is 2.09 bits per heavy atom. The highest BCUT2D eigenvalue weighted by Gasteiger charge is 2.17. The second-order valence-corrected chi connectivity index (χ2v) is 8.21. The number of non-ortho nitro benzene ring substituents is 1. The van der Waals surface area contributed by atoms with Gasteiger partial charge in [-0.25, -0.2) is 0 Å². The summed E-state index contributed by atoms with van der Waals surface area (Å²) in [5.74, 6) is 0.715. The summed E-state index contributed by atoms with van der Waals surface area (Å²) in [5.41, 5.74) is 0.0290. The molecule has 1 amide bonds. The van der Waals surface area contributed by atoms with Crippen molar-refractivity contribution in [2.75, 3.05) is 11.1 Å². The first kappa shape index (κ1) is 17.7. The third kappa shape index (κ3) is 5.19. The Bertz CT molecular complexity index is 690. The number of carbonyl (C=O) groups excluding carboxylic acids is 1. The number of nitro benzene ring substituents is 1. The molecule has 10 heteroatoms. The maximum absolute atomic E-state index is 12.2. The van der Waals surface area contributed by atoms with Crippen molar-refractivity contribution in [3.8, 4) is 0 Å². The van der Waals surface area contributed by atoms with Gasteiger partial charge in [0.2, 0.25) is 11.0 Å². The Morgan fingerprint density at radius 3 is 2.70 bits per heavy atom. The SMILES string of the molecule is CCSc1nnc(NC(=O)[C@H](C)Sc2ccc([N+](=O)[O-])cc2)s1. The number of rotatable bonds is 7. The highest BCUT2D eigenvalue weighted by molar-refractivity contribution is 8.01. The first-order valence-electron chi connectivity index (χ1n) is 6.68. The molecule has 0 bridgehead atoms. The zero-order chi connectivity index (χ0) is 16.8. The fraction of sp³-hybridized carbons (Fsp3) is 0.308. The molecule has 122 valence electrons. The summed E-state index contributed by atoms with van der Waals surface area (Å²) in [5, 5.41) is 21.4. The molecular weight excluding hydrogens is 356 g/mol. The van der Waals surface area contributed by atoms with Crippen molar-refractivity contribution in [2.24, 2.45) is 0 Å². The van der Waals surface area contributed by atoms with Gasteiger partial charge in [-0.05, 0) is 24.8 Å². The van der Waals surface area contributed by atoms with Crippen LogP contribution in [0.15, 0.2) is 33.5 Å². The van der Waals surface area contributed by atoms with E-state index >= 15 is 0 Å². The largest absolute Gasteiger partial charge is 0.300 e. The van der Waals surface area contributed by atoms with E-state index in [1.165, 1.54) is 35.2 Å². The van der Waals surface area contributed by atoms with Crippen LogP contribution < -0.4 is 5.32 Å². The minimum atomic E-state index is -0.452. The number of carbonyl (C=O) groups is 1. The molecule has 1 aromatic heterocycles. The van der Waals surface area contributed by atoms with Gasteiger partial charge in [-0.2, -0.15) is 0 Å². The molecule has 0 unspecified atom stereocenters. The average molecular weight is 370 g/mol. The molecule has 0 fully saturated rings. The van der Waals surface area contributed by atoms with Crippen LogP contribution in [0.1, 0.15) is 13.8 Å². The Hall–Kier alpha value is -1.65. The number of thioether (sulfide) groups is 2. The number of amides is 1. The van der Waals surface area contributed by atoms with Gasteiger partial charge in [0.1, 0.15) is 0 Å². The third-order valence-electron chi connectivity index (χ3n) is 2.63. The van der Waals surface area contributed by atoms with Crippen molar-refractivity contribution in [1.29, 1.82) is 0 Å². The number of aromatic nitrogens is 2. The van der Waals surface area contributed by atoms with Crippen LogP contribution in [0.25, 0.3) is 0 Å². The maximum atomic E-state index is 12.2. The fourth-order valence-electron chi connectivity index (χ4n) is 1.55. The van der Waals surface area contributed by atoms with Crippen LogP contribution >= 0.6 is 34.9 Å². The molecular formula is C13H14N4O3S3. The highest BCUT2D eigenvalue weighted by Crippen LogP contribution is 2.28. The number of nitrogens with zero attached hydrogens (tertiary/aromatic N) is 3. The highest BCUT2D eigenvalue weighted by atomic mass is 32.2. The maximum Gasteiger partial charge on any atom is 0.269 e. The normalized spacial score (nSPS) is 11.9. The summed E-state index contributed by atoms with van der Waals surface area (Å²) in [6.07, 6.45) is 0. The molecule has 23 heavy (non-hydrogen) atoms. The van der Waals surface area contributed by atoms with E-state index in [4.69, 9.17) is 0 Å². The van der Waals surface area contributed by atoms with Crippen molar-refractivity contribution in [2.45, 2.75) is 28.3 Å². The lowest BCUT2D eigenvalue weighted by Gasteiger charge is -2.09. The van der Waals surface area contributed by atoms with Crippen LogP contribution in [-0.2, 0) is 4.79 Å².